The molecule has 0 aliphatic carbocycles. The zero-order valence-electron chi connectivity index (χ0n) is 9.75. The van der Waals surface area contributed by atoms with Gasteiger partial charge < -0.3 is 4.57 Å². The monoisotopic (exact) mass is 252 g/mol. The Morgan fingerprint density at radius 1 is 1.35 bits per heavy atom. The van der Waals surface area contributed by atoms with E-state index in [1.165, 1.54) is 19.3 Å². The van der Waals surface area contributed by atoms with Gasteiger partial charge in [-0.3, -0.25) is 0 Å². The topological polar surface area (TPSA) is 79.5 Å². The molecule has 6 nitrogen and oxygen atoms in total. The highest BCUT2D eigenvalue weighted by Gasteiger charge is 2.14. The van der Waals surface area contributed by atoms with Gasteiger partial charge in [-0.1, -0.05) is 23.3 Å². The van der Waals surface area contributed by atoms with Crippen LogP contribution in [-0.4, -0.2) is 27.1 Å². The molecule has 0 bridgehead atoms. The Kier molecular flexibility index (Phi) is 4.70. The van der Waals surface area contributed by atoms with Crippen molar-refractivity contribution in [2.24, 2.45) is 5.11 Å². The van der Waals surface area contributed by atoms with Crippen LogP contribution in [0.2, 0.25) is 0 Å². The minimum absolute atomic E-state index is 0.560. The molecule has 0 unspecified atom stereocenters. The van der Waals surface area contributed by atoms with Gasteiger partial charge in [-0.15, -0.1) is 10.2 Å². The second-order valence-electron chi connectivity index (χ2n) is 4.02. The van der Waals surface area contributed by atoms with Crippen molar-refractivity contribution in [2.75, 3.05) is 12.3 Å². The Bertz CT molecular complexity index is 409. The molecule has 1 aromatic heterocycles. The predicted octanol–water partition coefficient (Wildman–Crippen LogP) is 2.80. The van der Waals surface area contributed by atoms with Crippen molar-refractivity contribution >= 4 is 11.8 Å². The summed E-state index contributed by atoms with van der Waals surface area (Å²) in [6.07, 6.45) is 5.66. The molecule has 0 saturated carbocycles. The fourth-order valence-electron chi connectivity index (χ4n) is 1.91. The van der Waals surface area contributed by atoms with Crippen LogP contribution in [0.15, 0.2) is 10.3 Å². The minimum atomic E-state index is 0.560. The summed E-state index contributed by atoms with van der Waals surface area (Å²) >= 11 is 1.71. The maximum atomic E-state index is 8.16. The van der Waals surface area contributed by atoms with Gasteiger partial charge in [0.15, 0.2) is 5.16 Å². The summed E-state index contributed by atoms with van der Waals surface area (Å²) in [7, 11) is 0. The van der Waals surface area contributed by atoms with Crippen LogP contribution in [0.3, 0.4) is 0 Å². The van der Waals surface area contributed by atoms with Crippen LogP contribution >= 0.6 is 11.8 Å². The van der Waals surface area contributed by atoms with E-state index in [0.717, 1.165) is 36.1 Å². The molecule has 0 N–H and O–H groups in total. The Morgan fingerprint density at radius 2 is 2.29 bits per heavy atom. The minimum Gasteiger partial charge on any atom is -0.306 e. The summed E-state index contributed by atoms with van der Waals surface area (Å²) in [6, 6.07) is 0. The van der Waals surface area contributed by atoms with Gasteiger partial charge in [0.1, 0.15) is 5.82 Å². The molecule has 0 fully saturated rings. The normalized spacial score (nSPS) is 14.8. The van der Waals surface area contributed by atoms with Gasteiger partial charge in [-0.2, -0.15) is 0 Å². The molecule has 92 valence electrons. The second kappa shape index (κ2) is 6.51. The first-order valence-corrected chi connectivity index (χ1v) is 6.96. The molecular formula is C10H16N6S. The summed E-state index contributed by atoms with van der Waals surface area (Å²) in [5.41, 5.74) is 8.16. The van der Waals surface area contributed by atoms with E-state index >= 15 is 0 Å². The SMILES string of the molecule is [N-]=[N+]=NCCCSc1nnc2n1CCCCC2. The number of aryl methyl sites for hydroxylation is 1. The smallest absolute Gasteiger partial charge is 0.191 e. The number of thioether (sulfide) groups is 1. The largest absolute Gasteiger partial charge is 0.306 e. The molecular weight excluding hydrogens is 236 g/mol. The van der Waals surface area contributed by atoms with Crippen LogP contribution in [0.25, 0.3) is 10.4 Å². The summed E-state index contributed by atoms with van der Waals surface area (Å²) in [6.45, 7) is 1.60. The Labute approximate surface area is 104 Å². The van der Waals surface area contributed by atoms with Crippen molar-refractivity contribution in [3.8, 4) is 0 Å². The standard InChI is InChI=1S/C10H16N6S/c11-15-12-6-4-8-17-10-14-13-9-5-2-1-3-7-16(9)10/h1-8H2. The molecule has 1 aliphatic rings. The third-order valence-electron chi connectivity index (χ3n) is 2.77. The Morgan fingerprint density at radius 3 is 3.18 bits per heavy atom. The van der Waals surface area contributed by atoms with E-state index in [-0.39, 0.29) is 0 Å². The number of fused-ring (bicyclic) bond motifs is 1. The van der Waals surface area contributed by atoms with Crippen LogP contribution in [-0.2, 0) is 13.0 Å². The lowest BCUT2D eigenvalue weighted by atomic mass is 10.2. The lowest BCUT2D eigenvalue weighted by molar-refractivity contribution is 0.591. The lowest BCUT2D eigenvalue weighted by Crippen LogP contribution is -2.02. The quantitative estimate of drug-likeness (QED) is 0.266. The molecule has 0 radical (unpaired) electrons. The van der Waals surface area contributed by atoms with Gasteiger partial charge in [0.2, 0.25) is 0 Å². The van der Waals surface area contributed by atoms with Crippen molar-refractivity contribution in [3.05, 3.63) is 16.3 Å². The fraction of sp³-hybridized carbons (Fsp3) is 0.800. The summed E-state index contributed by atoms with van der Waals surface area (Å²) in [4.78, 5) is 2.74. The first-order chi connectivity index (χ1) is 8.42. The molecule has 1 aromatic rings. The lowest BCUT2D eigenvalue weighted by Gasteiger charge is -2.05. The van der Waals surface area contributed by atoms with Gasteiger partial charge in [-0.05, 0) is 24.8 Å². The molecule has 0 amide bonds. The van der Waals surface area contributed by atoms with Crippen LogP contribution in [0.1, 0.15) is 31.5 Å². The average Bonchev–Trinajstić information content (AvgIpc) is 2.59. The number of azide groups is 1. The molecule has 1 aliphatic heterocycles. The first kappa shape index (κ1) is 12.3. The molecule has 17 heavy (non-hydrogen) atoms. The highest BCUT2D eigenvalue weighted by molar-refractivity contribution is 7.99. The molecule has 2 heterocycles. The van der Waals surface area contributed by atoms with Gasteiger partial charge in [0.25, 0.3) is 0 Å². The van der Waals surface area contributed by atoms with Crippen molar-refractivity contribution in [2.45, 2.75) is 43.8 Å². The number of hydrogen-bond acceptors (Lipinski definition) is 4. The van der Waals surface area contributed by atoms with Gasteiger partial charge in [0, 0.05) is 30.2 Å². The number of hydrogen-bond donors (Lipinski definition) is 0. The molecule has 7 heteroatoms. The van der Waals surface area contributed by atoms with Gasteiger partial charge in [0.05, 0.1) is 0 Å². The number of nitrogens with zero attached hydrogens (tertiary/aromatic N) is 6. The van der Waals surface area contributed by atoms with E-state index in [2.05, 4.69) is 24.8 Å². The van der Waals surface area contributed by atoms with E-state index < -0.39 is 0 Å². The van der Waals surface area contributed by atoms with E-state index in [4.69, 9.17) is 5.53 Å². The van der Waals surface area contributed by atoms with Gasteiger partial charge in [-0.25, -0.2) is 0 Å². The highest BCUT2D eigenvalue weighted by Crippen LogP contribution is 2.22. The van der Waals surface area contributed by atoms with E-state index in [1.807, 2.05) is 0 Å². The van der Waals surface area contributed by atoms with Crippen molar-refractivity contribution < 1.29 is 0 Å². The van der Waals surface area contributed by atoms with Crippen molar-refractivity contribution in [1.29, 1.82) is 0 Å². The third-order valence-corrected chi connectivity index (χ3v) is 3.83. The molecule has 0 spiro atoms. The third kappa shape index (κ3) is 3.38. The molecule has 0 aromatic carbocycles. The molecule has 0 atom stereocenters. The van der Waals surface area contributed by atoms with Crippen LogP contribution in [0.4, 0.5) is 0 Å². The Balaban J connectivity index is 1.88. The van der Waals surface area contributed by atoms with Crippen LogP contribution in [0.5, 0.6) is 0 Å². The predicted molar refractivity (Wildman–Crippen MR) is 66.9 cm³/mol. The zero-order chi connectivity index (χ0) is 11.9. The maximum absolute atomic E-state index is 8.16. The second-order valence-corrected chi connectivity index (χ2v) is 5.08. The number of rotatable bonds is 5. The maximum Gasteiger partial charge on any atom is 0.191 e. The summed E-state index contributed by atoms with van der Waals surface area (Å²) in [5.74, 6) is 2.05. The van der Waals surface area contributed by atoms with Gasteiger partial charge >= 0.3 is 0 Å². The van der Waals surface area contributed by atoms with Crippen molar-refractivity contribution in [3.63, 3.8) is 0 Å². The van der Waals surface area contributed by atoms with E-state index in [9.17, 15) is 0 Å². The van der Waals surface area contributed by atoms with E-state index in [1.54, 1.807) is 11.8 Å². The summed E-state index contributed by atoms with van der Waals surface area (Å²) in [5, 5.41) is 13.0. The molecule has 2 rings (SSSR count). The molecule has 0 saturated heterocycles. The Hall–Kier alpha value is -1.20. The van der Waals surface area contributed by atoms with Crippen molar-refractivity contribution in [1.82, 2.24) is 14.8 Å². The summed E-state index contributed by atoms with van der Waals surface area (Å²) < 4.78 is 2.24. The average molecular weight is 252 g/mol. The van der Waals surface area contributed by atoms with Crippen LogP contribution < -0.4 is 0 Å². The zero-order valence-corrected chi connectivity index (χ0v) is 10.6. The van der Waals surface area contributed by atoms with Crippen LogP contribution in [0, 0.1) is 0 Å². The number of aromatic nitrogens is 3. The van der Waals surface area contributed by atoms with E-state index in [0.29, 0.717) is 6.54 Å². The first-order valence-electron chi connectivity index (χ1n) is 5.97. The fourth-order valence-corrected chi connectivity index (χ4v) is 2.82. The highest BCUT2D eigenvalue weighted by atomic mass is 32.2.